The molecule has 0 aromatic heterocycles. The summed E-state index contributed by atoms with van der Waals surface area (Å²) in [6.45, 7) is 5.17. The van der Waals surface area contributed by atoms with E-state index in [-0.39, 0.29) is 9.79 Å². The number of hydrogen-bond donors (Lipinski definition) is 2. The fraction of sp³-hybridized carbons (Fsp3) is 0.250. The number of hydrogen-bond acceptors (Lipinski definition) is 6. The van der Waals surface area contributed by atoms with Crippen molar-refractivity contribution in [1.29, 1.82) is 0 Å². The van der Waals surface area contributed by atoms with Crippen LogP contribution in [-0.2, 0) is 40.1 Å². The van der Waals surface area contributed by atoms with Gasteiger partial charge in [-0.05, 0) is 71.8 Å². The number of anilines is 2. The van der Waals surface area contributed by atoms with Crippen molar-refractivity contribution in [2.75, 3.05) is 21.7 Å². The predicted octanol–water partition coefficient (Wildman–Crippen LogP) is 3.92. The van der Waals surface area contributed by atoms with E-state index in [1.807, 2.05) is 22.5 Å². The van der Waals surface area contributed by atoms with Crippen LogP contribution >= 0.6 is 21.6 Å². The lowest BCUT2D eigenvalue weighted by molar-refractivity contribution is 0.480. The first-order chi connectivity index (χ1) is 15.0. The van der Waals surface area contributed by atoms with Crippen molar-refractivity contribution in [2.45, 2.75) is 33.4 Å². The second kappa shape index (κ2) is 8.90. The fourth-order valence-corrected chi connectivity index (χ4v) is 11.6. The quantitative estimate of drug-likeness (QED) is 0.317. The molecule has 2 N–H and O–H groups in total. The molecule has 2 aromatic carbocycles. The molecule has 2 unspecified atom stereocenters. The van der Waals surface area contributed by atoms with E-state index in [1.54, 1.807) is 12.1 Å². The molecule has 0 saturated carbocycles. The van der Waals surface area contributed by atoms with Crippen LogP contribution in [0.15, 0.2) is 64.9 Å². The van der Waals surface area contributed by atoms with E-state index in [2.05, 4.69) is 8.94 Å². The van der Waals surface area contributed by atoms with E-state index in [0.29, 0.717) is 22.9 Å². The molecule has 174 valence electrons. The lowest BCUT2D eigenvalue weighted by Crippen LogP contribution is -2.20. The molecule has 0 spiro atoms. The molecular formula is C16H18N4O6S6. The van der Waals surface area contributed by atoms with Crippen LogP contribution in [0.2, 0.25) is 0 Å². The highest BCUT2D eigenvalue weighted by atomic mass is 33.1. The van der Waals surface area contributed by atoms with Crippen LogP contribution in [0.5, 0.6) is 0 Å². The average molecular weight is 555 g/mol. The van der Waals surface area contributed by atoms with Crippen molar-refractivity contribution >= 4 is 73.0 Å². The van der Waals surface area contributed by atoms with Crippen LogP contribution in [0, 0.1) is 0 Å². The van der Waals surface area contributed by atoms with Crippen LogP contribution in [0.1, 0.15) is 13.8 Å². The zero-order valence-corrected chi connectivity index (χ0v) is 21.5. The molecule has 2 heterocycles. The van der Waals surface area contributed by atoms with Gasteiger partial charge in [-0.3, -0.25) is 17.7 Å². The summed E-state index contributed by atoms with van der Waals surface area (Å²) in [6, 6.07) is 8.87. The maximum absolute atomic E-state index is 11.5. The van der Waals surface area contributed by atoms with Crippen LogP contribution in [0.25, 0.3) is 0 Å². The van der Waals surface area contributed by atoms with Crippen molar-refractivity contribution in [3.8, 4) is 0 Å². The molecule has 0 radical (unpaired) electrons. The maximum Gasteiger partial charge on any atom is 0.294 e. The van der Waals surface area contributed by atoms with Gasteiger partial charge < -0.3 is 0 Å². The minimum Gasteiger partial charge on any atom is -0.297 e. The summed E-state index contributed by atoms with van der Waals surface area (Å²) in [4.78, 5) is 1.05. The molecule has 0 aliphatic carbocycles. The van der Waals surface area contributed by atoms with Crippen LogP contribution in [-0.4, -0.2) is 39.0 Å². The van der Waals surface area contributed by atoms with E-state index in [4.69, 9.17) is 0 Å². The van der Waals surface area contributed by atoms with Gasteiger partial charge in [0.05, 0.1) is 41.0 Å². The van der Waals surface area contributed by atoms with E-state index >= 15 is 0 Å². The third kappa shape index (κ3) is 4.59. The minimum atomic E-state index is -4.30. The summed E-state index contributed by atoms with van der Waals surface area (Å²) in [6.07, 6.45) is 0. The molecular weight excluding hydrogens is 537 g/mol. The zero-order chi connectivity index (χ0) is 23.3. The Labute approximate surface area is 198 Å². The van der Waals surface area contributed by atoms with E-state index in [0.717, 1.165) is 11.4 Å². The topological polar surface area (TPSA) is 140 Å². The van der Waals surface area contributed by atoms with Crippen LogP contribution < -0.4 is 8.61 Å². The Kier molecular flexibility index (Phi) is 6.68. The Balaban J connectivity index is 1.67. The monoisotopic (exact) mass is 554 g/mol. The Morgan fingerprint density at radius 2 is 1.16 bits per heavy atom. The summed E-state index contributed by atoms with van der Waals surface area (Å²) in [5.41, 5.74) is 1.64. The Bertz CT molecular complexity index is 1270. The Morgan fingerprint density at radius 3 is 1.47 bits per heavy atom. The number of fused-ring (bicyclic) bond motifs is 2. The Hall–Kier alpha value is -1.14. The van der Waals surface area contributed by atoms with Crippen molar-refractivity contribution in [1.82, 2.24) is 0 Å². The first kappa shape index (κ1) is 24.0. The predicted molar refractivity (Wildman–Crippen MR) is 130 cm³/mol. The van der Waals surface area contributed by atoms with E-state index < -0.39 is 40.1 Å². The van der Waals surface area contributed by atoms with Gasteiger partial charge in [-0.15, -0.1) is 0 Å². The van der Waals surface area contributed by atoms with Crippen molar-refractivity contribution < 1.29 is 25.9 Å². The van der Waals surface area contributed by atoms with Crippen molar-refractivity contribution in [3.63, 3.8) is 0 Å². The SMILES string of the molecule is CCN1c2ccc(S(=O)(=O)O)cc2SS1=NN=S1Sc2cc(S(=O)(=O)O)ccc2N1CC. The first-order valence-electron chi connectivity index (χ1n) is 9.08. The molecule has 32 heavy (non-hydrogen) atoms. The molecule has 2 aromatic rings. The molecule has 2 aliphatic heterocycles. The third-order valence-electron chi connectivity index (χ3n) is 4.45. The third-order valence-corrected chi connectivity index (χ3v) is 13.1. The van der Waals surface area contributed by atoms with Crippen LogP contribution in [0.4, 0.5) is 11.4 Å². The standard InChI is InChI=1S/C16H18N4O6S6/c1-3-19-13-7-5-11(31(21,22)23)9-15(13)27-29(19)17-18-30-20(4-2)14-8-6-12(32(24,25)26)10-16(14)28-30/h5-10H,3-4H2,1-2H3,(H,21,22,23)(H,24,25,26). The van der Waals surface area contributed by atoms with Gasteiger partial charge >= 0.3 is 0 Å². The second-order valence-electron chi connectivity index (χ2n) is 6.39. The van der Waals surface area contributed by atoms with Gasteiger partial charge in [0.2, 0.25) is 0 Å². The van der Waals surface area contributed by atoms with Crippen molar-refractivity contribution in [3.05, 3.63) is 36.4 Å². The highest BCUT2D eigenvalue weighted by molar-refractivity contribution is 8.72. The minimum absolute atomic E-state index is 0.169. The molecule has 0 amide bonds. The molecule has 2 atom stereocenters. The van der Waals surface area contributed by atoms with Gasteiger partial charge in [0.25, 0.3) is 20.2 Å². The first-order valence-corrected chi connectivity index (χ1v) is 16.9. The average Bonchev–Trinajstić information content (AvgIpc) is 3.26. The number of rotatable bonds is 5. The smallest absolute Gasteiger partial charge is 0.294 e. The summed E-state index contributed by atoms with van der Waals surface area (Å²) in [5, 5.41) is 0. The zero-order valence-electron chi connectivity index (χ0n) is 16.6. The van der Waals surface area contributed by atoms with Gasteiger partial charge in [-0.2, -0.15) is 16.8 Å². The van der Waals surface area contributed by atoms with Gasteiger partial charge in [-0.1, -0.05) is 8.94 Å². The normalized spacial score (nSPS) is 20.8. The highest BCUT2D eigenvalue weighted by Gasteiger charge is 2.29. The second-order valence-corrected chi connectivity index (χ2v) is 15.4. The fourth-order valence-electron chi connectivity index (χ4n) is 3.01. The van der Waals surface area contributed by atoms with Gasteiger partial charge in [0, 0.05) is 22.9 Å². The van der Waals surface area contributed by atoms with E-state index in [9.17, 15) is 25.9 Å². The molecule has 0 saturated heterocycles. The molecule has 4 rings (SSSR count). The molecule has 16 heteroatoms. The lowest BCUT2D eigenvalue weighted by atomic mass is 10.3. The molecule has 2 aliphatic rings. The summed E-state index contributed by atoms with van der Waals surface area (Å²) in [5.74, 6) is 0. The van der Waals surface area contributed by atoms with Crippen molar-refractivity contribution in [2.24, 2.45) is 8.94 Å². The van der Waals surface area contributed by atoms with Gasteiger partial charge in [-0.25, -0.2) is 0 Å². The molecule has 0 fully saturated rings. The molecule has 10 nitrogen and oxygen atoms in total. The maximum atomic E-state index is 11.5. The van der Waals surface area contributed by atoms with Gasteiger partial charge in [0.1, 0.15) is 0 Å². The summed E-state index contributed by atoms with van der Waals surface area (Å²) in [7, 11) is -7.33. The largest absolute Gasteiger partial charge is 0.297 e. The number of benzene rings is 2. The molecule has 0 bridgehead atoms. The summed E-state index contributed by atoms with van der Waals surface area (Å²) >= 11 is 0. The number of nitrogens with zero attached hydrogens (tertiary/aromatic N) is 4. The summed E-state index contributed by atoms with van der Waals surface area (Å²) < 4.78 is 77.5. The van der Waals surface area contributed by atoms with E-state index in [1.165, 1.54) is 45.9 Å². The lowest BCUT2D eigenvalue weighted by Gasteiger charge is -2.18. The van der Waals surface area contributed by atoms with Crippen LogP contribution in [0.3, 0.4) is 0 Å². The highest BCUT2D eigenvalue weighted by Crippen LogP contribution is 2.46. The van der Waals surface area contributed by atoms with Gasteiger partial charge in [0.15, 0.2) is 0 Å². The Morgan fingerprint density at radius 1 is 0.781 bits per heavy atom.